The molecule has 0 bridgehead atoms. The van der Waals surface area contributed by atoms with E-state index in [1.807, 2.05) is 6.92 Å². The van der Waals surface area contributed by atoms with Crippen LogP contribution >= 0.6 is 0 Å². The first-order valence-corrected chi connectivity index (χ1v) is 4.25. The van der Waals surface area contributed by atoms with Gasteiger partial charge in [0.2, 0.25) is 0 Å². The first-order valence-electron chi connectivity index (χ1n) is 4.25. The van der Waals surface area contributed by atoms with Gasteiger partial charge in [0, 0.05) is 27.4 Å². The summed E-state index contributed by atoms with van der Waals surface area (Å²) in [6, 6.07) is 0. The van der Waals surface area contributed by atoms with Gasteiger partial charge in [-0.3, -0.25) is 9.59 Å². The smallest absolute Gasteiger partial charge is 0.302 e. The zero-order valence-electron chi connectivity index (χ0n) is 9.07. The highest BCUT2D eigenvalue weighted by Gasteiger charge is 1.99. The number of ether oxygens (including phenoxy) is 2. The van der Waals surface area contributed by atoms with Crippen LogP contribution in [0.4, 0.5) is 0 Å². The van der Waals surface area contributed by atoms with E-state index in [9.17, 15) is 4.79 Å². The van der Waals surface area contributed by atoms with Crippen LogP contribution in [0.25, 0.3) is 0 Å². The highest BCUT2D eigenvalue weighted by atomic mass is 16.5. The zero-order valence-corrected chi connectivity index (χ0v) is 9.07. The van der Waals surface area contributed by atoms with E-state index in [4.69, 9.17) is 19.4 Å². The van der Waals surface area contributed by atoms with Crippen LogP contribution in [0.3, 0.4) is 0 Å². The molecule has 1 atom stereocenters. The maximum Gasteiger partial charge on any atom is 0.302 e. The lowest BCUT2D eigenvalue weighted by Crippen LogP contribution is -2.10. The van der Waals surface area contributed by atoms with E-state index < -0.39 is 5.97 Å². The summed E-state index contributed by atoms with van der Waals surface area (Å²) in [5.74, 6) is -1.07. The van der Waals surface area contributed by atoms with E-state index in [0.717, 1.165) is 13.3 Å². The summed E-state index contributed by atoms with van der Waals surface area (Å²) >= 11 is 0. The van der Waals surface area contributed by atoms with Gasteiger partial charge in [-0.2, -0.15) is 0 Å². The molecule has 1 N–H and O–H groups in total. The first-order chi connectivity index (χ1) is 6.40. The Hall–Kier alpha value is -1.10. The van der Waals surface area contributed by atoms with Gasteiger partial charge in [-0.15, -0.1) is 0 Å². The fourth-order valence-corrected chi connectivity index (χ4v) is 0.486. The SMILES string of the molecule is CC(=O)O.COC(C)CCOC(C)=O. The second kappa shape index (κ2) is 9.98. The Labute approximate surface area is 84.0 Å². The van der Waals surface area contributed by atoms with Crippen molar-refractivity contribution in [1.29, 1.82) is 0 Å². The lowest BCUT2D eigenvalue weighted by Gasteiger charge is -2.07. The fraction of sp³-hybridized carbons (Fsp3) is 0.778. The predicted molar refractivity (Wildman–Crippen MR) is 51.0 cm³/mol. The molecular formula is C9H18O5. The van der Waals surface area contributed by atoms with Crippen LogP contribution in [0, 0.1) is 0 Å². The third kappa shape index (κ3) is 22.4. The minimum Gasteiger partial charge on any atom is -0.481 e. The molecular weight excluding hydrogens is 188 g/mol. The standard InChI is InChI=1S/C7H14O3.C2H4O2/c1-6(9-3)4-5-10-7(2)8;1-2(3)4/h6H,4-5H2,1-3H3;1H3,(H,3,4). The molecule has 0 radical (unpaired) electrons. The molecule has 0 aliphatic carbocycles. The first kappa shape index (κ1) is 15.4. The minimum absolute atomic E-state index is 0.166. The molecule has 0 saturated heterocycles. The molecule has 5 nitrogen and oxygen atoms in total. The number of carbonyl (C=O) groups is 2. The van der Waals surface area contributed by atoms with Crippen LogP contribution in [0.1, 0.15) is 27.2 Å². The summed E-state index contributed by atoms with van der Waals surface area (Å²) in [4.78, 5) is 19.3. The molecule has 0 rings (SSSR count). The van der Waals surface area contributed by atoms with E-state index in [0.29, 0.717) is 6.61 Å². The minimum atomic E-state index is -0.833. The number of hydrogen-bond donors (Lipinski definition) is 1. The number of hydrogen-bond acceptors (Lipinski definition) is 4. The Kier molecular flexibility index (Phi) is 11.0. The highest BCUT2D eigenvalue weighted by molar-refractivity contribution is 5.65. The lowest BCUT2D eigenvalue weighted by molar-refractivity contribution is -0.141. The summed E-state index contributed by atoms with van der Waals surface area (Å²) in [6.07, 6.45) is 0.926. The van der Waals surface area contributed by atoms with E-state index >= 15 is 0 Å². The zero-order chi connectivity index (χ0) is 11.6. The topological polar surface area (TPSA) is 72.8 Å². The summed E-state index contributed by atoms with van der Waals surface area (Å²) in [7, 11) is 1.64. The van der Waals surface area contributed by atoms with Crippen molar-refractivity contribution < 1.29 is 24.2 Å². The number of esters is 1. The second-order valence-corrected chi connectivity index (χ2v) is 2.69. The van der Waals surface area contributed by atoms with E-state index in [1.54, 1.807) is 7.11 Å². The molecule has 0 aliphatic rings. The number of carbonyl (C=O) groups excluding carboxylic acids is 1. The monoisotopic (exact) mass is 206 g/mol. The lowest BCUT2D eigenvalue weighted by atomic mass is 10.3. The maximum absolute atomic E-state index is 10.3. The number of carboxylic acids is 1. The molecule has 1 unspecified atom stereocenters. The molecule has 5 heteroatoms. The van der Waals surface area contributed by atoms with Crippen molar-refractivity contribution in [3.05, 3.63) is 0 Å². The van der Waals surface area contributed by atoms with Gasteiger partial charge in [0.1, 0.15) is 0 Å². The van der Waals surface area contributed by atoms with Crippen LogP contribution in [0.2, 0.25) is 0 Å². The molecule has 0 aromatic heterocycles. The normalized spacial score (nSPS) is 10.9. The second-order valence-electron chi connectivity index (χ2n) is 2.69. The summed E-state index contributed by atoms with van der Waals surface area (Å²) in [5, 5.41) is 7.42. The van der Waals surface area contributed by atoms with Crippen LogP contribution in [0.15, 0.2) is 0 Å². The Morgan fingerprint density at radius 2 is 1.79 bits per heavy atom. The predicted octanol–water partition coefficient (Wildman–Crippen LogP) is 1.07. The molecule has 14 heavy (non-hydrogen) atoms. The van der Waals surface area contributed by atoms with E-state index in [2.05, 4.69) is 0 Å². The molecule has 84 valence electrons. The summed E-state index contributed by atoms with van der Waals surface area (Å²) in [5.41, 5.74) is 0. The van der Waals surface area contributed by atoms with Gasteiger partial charge >= 0.3 is 5.97 Å². The van der Waals surface area contributed by atoms with Crippen molar-refractivity contribution in [3.63, 3.8) is 0 Å². The van der Waals surface area contributed by atoms with Crippen LogP contribution < -0.4 is 0 Å². The van der Waals surface area contributed by atoms with Crippen molar-refractivity contribution in [2.75, 3.05) is 13.7 Å². The van der Waals surface area contributed by atoms with Crippen LogP contribution in [-0.4, -0.2) is 36.9 Å². The van der Waals surface area contributed by atoms with Crippen LogP contribution in [0.5, 0.6) is 0 Å². The number of aliphatic carboxylic acids is 1. The fourth-order valence-electron chi connectivity index (χ4n) is 0.486. The molecule has 0 heterocycles. The van der Waals surface area contributed by atoms with Gasteiger partial charge in [0.25, 0.3) is 5.97 Å². The number of rotatable bonds is 4. The van der Waals surface area contributed by atoms with Crippen molar-refractivity contribution in [2.24, 2.45) is 0 Å². The van der Waals surface area contributed by atoms with Crippen molar-refractivity contribution in [3.8, 4) is 0 Å². The molecule has 0 spiro atoms. The van der Waals surface area contributed by atoms with Gasteiger partial charge in [-0.25, -0.2) is 0 Å². The van der Waals surface area contributed by atoms with Gasteiger partial charge in [0.05, 0.1) is 12.7 Å². The molecule has 0 amide bonds. The highest BCUT2D eigenvalue weighted by Crippen LogP contribution is 1.94. The van der Waals surface area contributed by atoms with E-state index in [1.165, 1.54) is 6.92 Å². The van der Waals surface area contributed by atoms with Crippen LogP contribution in [-0.2, 0) is 19.1 Å². The van der Waals surface area contributed by atoms with Gasteiger partial charge in [0.15, 0.2) is 0 Å². The Balaban J connectivity index is 0. The molecule has 0 saturated carbocycles. The van der Waals surface area contributed by atoms with Crippen molar-refractivity contribution >= 4 is 11.9 Å². The molecule has 0 aromatic carbocycles. The molecule has 0 aromatic rings. The average molecular weight is 206 g/mol. The van der Waals surface area contributed by atoms with Crippen molar-refractivity contribution in [2.45, 2.75) is 33.3 Å². The Morgan fingerprint density at radius 3 is 2.07 bits per heavy atom. The molecule has 0 fully saturated rings. The quantitative estimate of drug-likeness (QED) is 0.696. The average Bonchev–Trinajstić information content (AvgIpc) is 2.02. The van der Waals surface area contributed by atoms with E-state index in [-0.39, 0.29) is 12.1 Å². The van der Waals surface area contributed by atoms with Gasteiger partial charge in [-0.05, 0) is 6.92 Å². The Bertz CT molecular complexity index is 163. The summed E-state index contributed by atoms with van der Waals surface area (Å²) < 4.78 is 9.64. The largest absolute Gasteiger partial charge is 0.481 e. The van der Waals surface area contributed by atoms with Gasteiger partial charge in [-0.1, -0.05) is 0 Å². The van der Waals surface area contributed by atoms with Gasteiger partial charge < -0.3 is 14.6 Å². The molecule has 0 aliphatic heterocycles. The maximum atomic E-state index is 10.3. The Morgan fingerprint density at radius 1 is 1.36 bits per heavy atom. The van der Waals surface area contributed by atoms with Crippen molar-refractivity contribution in [1.82, 2.24) is 0 Å². The summed E-state index contributed by atoms with van der Waals surface area (Å²) in [6.45, 7) is 4.87. The number of methoxy groups -OCH3 is 1. The number of carboxylic acid groups (broad SMARTS) is 1. The third-order valence-electron chi connectivity index (χ3n) is 1.23. The third-order valence-corrected chi connectivity index (χ3v) is 1.23.